The Kier molecular flexibility index (Phi) is 10.9. The maximum Gasteiger partial charge on any atom is 0.0494 e. The van der Waals surface area contributed by atoms with Gasteiger partial charge in [0.25, 0.3) is 0 Å². The number of halogens is 2. The van der Waals surface area contributed by atoms with Crippen molar-refractivity contribution in [2.45, 2.75) is 124 Å². The van der Waals surface area contributed by atoms with E-state index in [-0.39, 0.29) is 5.41 Å². The van der Waals surface area contributed by atoms with Crippen molar-refractivity contribution in [2.75, 3.05) is 0 Å². The van der Waals surface area contributed by atoms with E-state index < -0.39 is 0 Å². The van der Waals surface area contributed by atoms with Gasteiger partial charge in [0.2, 0.25) is 0 Å². The molecule has 1 aliphatic carbocycles. The first kappa shape index (κ1) is 42.5. The summed E-state index contributed by atoms with van der Waals surface area (Å²) < 4.78 is 0. The van der Waals surface area contributed by atoms with Gasteiger partial charge in [-0.15, -0.1) is 0 Å². The molecule has 0 saturated heterocycles. The van der Waals surface area contributed by atoms with Gasteiger partial charge >= 0.3 is 0 Å². The van der Waals surface area contributed by atoms with Gasteiger partial charge in [-0.05, 0) is 208 Å². The molecule has 0 saturated carbocycles. The van der Waals surface area contributed by atoms with Crippen LogP contribution in [-0.2, 0) is 31.1 Å². The van der Waals surface area contributed by atoms with Crippen molar-refractivity contribution >= 4 is 87.8 Å². The summed E-state index contributed by atoms with van der Waals surface area (Å²) in [7, 11) is 0. The Morgan fingerprint density at radius 2 is 0.738 bits per heavy atom. The minimum atomic E-state index is -0.336. The molecule has 0 aromatic heterocycles. The number of aryl methyl sites for hydroxylation is 4. The minimum Gasteiger partial charge on any atom is -0.0836 e. The zero-order chi connectivity index (χ0) is 44.7. The lowest BCUT2D eigenvalue weighted by atomic mass is 9.79. The highest BCUT2D eigenvalue weighted by atomic mass is 35.5. The molecule has 326 valence electrons. The summed E-state index contributed by atoms with van der Waals surface area (Å²) in [5.74, 6) is 0. The number of unbranched alkanes of at least 4 members (excludes halogenated alkanes) is 4. The number of fused-ring (bicyclic) bond motifs is 3. The van der Waals surface area contributed by atoms with Crippen LogP contribution in [0.4, 0.5) is 0 Å². The van der Waals surface area contributed by atoms with Crippen LogP contribution in [0.25, 0.3) is 98.0 Å². The van der Waals surface area contributed by atoms with Crippen molar-refractivity contribution in [1.82, 2.24) is 0 Å². The van der Waals surface area contributed by atoms with Crippen molar-refractivity contribution in [2.24, 2.45) is 0 Å². The second kappa shape index (κ2) is 16.6. The quantitative estimate of drug-likeness (QED) is 0.0955. The summed E-state index contributed by atoms with van der Waals surface area (Å²) in [4.78, 5) is 0. The summed E-state index contributed by atoms with van der Waals surface area (Å²) in [5, 5.41) is 17.8. The second-order valence-corrected chi connectivity index (χ2v) is 20.8. The van der Waals surface area contributed by atoms with E-state index in [4.69, 9.17) is 23.2 Å². The Hall–Kier alpha value is -5.14. The van der Waals surface area contributed by atoms with Gasteiger partial charge < -0.3 is 0 Å². The molecule has 0 radical (unpaired) electrons. The predicted molar refractivity (Wildman–Crippen MR) is 287 cm³/mol. The van der Waals surface area contributed by atoms with Crippen LogP contribution in [0.2, 0.25) is 10.0 Å². The summed E-state index contributed by atoms with van der Waals surface area (Å²) in [6, 6.07) is 43.1. The van der Waals surface area contributed by atoms with Gasteiger partial charge in [-0.25, -0.2) is 0 Å². The molecule has 10 aromatic carbocycles. The van der Waals surface area contributed by atoms with Crippen molar-refractivity contribution < 1.29 is 0 Å². The van der Waals surface area contributed by atoms with Crippen LogP contribution in [0.1, 0.15) is 126 Å². The van der Waals surface area contributed by atoms with Gasteiger partial charge in [0.15, 0.2) is 0 Å². The van der Waals surface area contributed by atoms with E-state index in [1.165, 1.54) is 146 Å². The fourth-order valence-corrected chi connectivity index (χ4v) is 12.6. The lowest BCUT2D eigenvalue weighted by molar-refractivity contribution is 0.661. The molecule has 0 aliphatic heterocycles. The summed E-state index contributed by atoms with van der Waals surface area (Å²) in [5.41, 5.74) is 14.9. The van der Waals surface area contributed by atoms with E-state index >= 15 is 0 Å². The molecule has 65 heavy (non-hydrogen) atoms. The highest BCUT2D eigenvalue weighted by molar-refractivity contribution is 6.38. The average molecular weight is 888 g/mol. The normalized spacial score (nSPS) is 13.5. The number of hydrogen-bond acceptors (Lipinski definition) is 0. The molecule has 0 unspecified atom stereocenters. The molecular weight excluding hydrogens is 828 g/mol. The van der Waals surface area contributed by atoms with Crippen LogP contribution in [-0.4, -0.2) is 0 Å². The summed E-state index contributed by atoms with van der Waals surface area (Å²) in [6.45, 7) is 13.9. The molecular formula is C63H60Cl2. The molecule has 0 N–H and O–H groups in total. The first-order valence-electron chi connectivity index (χ1n) is 24.8. The van der Waals surface area contributed by atoms with Crippen molar-refractivity contribution in [3.8, 4) is 33.4 Å². The van der Waals surface area contributed by atoms with Crippen LogP contribution < -0.4 is 0 Å². The maximum atomic E-state index is 7.61. The first-order valence-corrected chi connectivity index (χ1v) is 25.5. The third-order valence-electron chi connectivity index (χ3n) is 15.4. The topological polar surface area (TPSA) is 0 Å². The average Bonchev–Trinajstić information content (AvgIpc) is 3.55. The molecule has 0 fully saturated rings. The van der Waals surface area contributed by atoms with Gasteiger partial charge in [0, 0.05) is 26.6 Å². The number of benzene rings is 10. The highest BCUT2D eigenvalue weighted by Crippen LogP contribution is 2.57. The zero-order valence-corrected chi connectivity index (χ0v) is 40.6. The molecule has 10 aromatic rings. The molecule has 0 spiro atoms. The Morgan fingerprint density at radius 1 is 0.385 bits per heavy atom. The number of rotatable bonds is 14. The predicted octanol–water partition coefficient (Wildman–Crippen LogP) is 19.8. The standard InChI is InChI=1S/C63H60Cl2/c1-7-11-15-37-27-41-19-23-47-39(17-13-9-3)31-51(49-25-21-43(29-37)57(41)59(47)49)45-33-53-61(55(64)35-45)62-54(63(53,5)6)34-46(36-56(62)65)52-32-40(18-14-10-4)48-24-20-42-28-38(16-12-8-2)30-44-22-26-50(52)60(48)58(42)44/h19-36H,7-18H2,1-6H3. The zero-order valence-electron chi connectivity index (χ0n) is 39.1. The van der Waals surface area contributed by atoms with Gasteiger partial charge in [0.1, 0.15) is 0 Å². The lowest BCUT2D eigenvalue weighted by Gasteiger charge is -2.24. The molecule has 0 bridgehead atoms. The van der Waals surface area contributed by atoms with E-state index in [1.54, 1.807) is 0 Å². The lowest BCUT2D eigenvalue weighted by Crippen LogP contribution is -2.15. The third kappa shape index (κ3) is 6.83. The Labute approximate surface area is 395 Å². The largest absolute Gasteiger partial charge is 0.0836 e. The molecule has 2 heteroatoms. The molecule has 0 amide bonds. The third-order valence-corrected chi connectivity index (χ3v) is 16.0. The van der Waals surface area contributed by atoms with E-state index in [0.29, 0.717) is 0 Å². The van der Waals surface area contributed by atoms with Crippen LogP contribution in [0.3, 0.4) is 0 Å². The molecule has 11 rings (SSSR count). The number of hydrogen-bond donors (Lipinski definition) is 0. The SMILES string of the molecule is CCCCc1cc2ccc3c(CCCC)cc(-c4cc(Cl)c5c(c4)C(C)(C)c4cc(-c6cc(CCCC)c7ccc8cc(CCCC)cc9ccc6c7c89)cc(Cl)c4-5)c4ccc(c1)c2c34. The molecule has 0 atom stereocenters. The summed E-state index contributed by atoms with van der Waals surface area (Å²) >= 11 is 15.2. The van der Waals surface area contributed by atoms with Crippen molar-refractivity contribution in [1.29, 1.82) is 0 Å². The van der Waals surface area contributed by atoms with Crippen LogP contribution >= 0.6 is 23.2 Å². The van der Waals surface area contributed by atoms with Gasteiger partial charge in [-0.3, -0.25) is 0 Å². The van der Waals surface area contributed by atoms with Crippen molar-refractivity contribution in [3.63, 3.8) is 0 Å². The van der Waals surface area contributed by atoms with Crippen LogP contribution in [0, 0.1) is 0 Å². The molecule has 1 aliphatic rings. The van der Waals surface area contributed by atoms with E-state index in [1.807, 2.05) is 0 Å². The monoisotopic (exact) mass is 886 g/mol. The van der Waals surface area contributed by atoms with E-state index in [9.17, 15) is 0 Å². The molecule has 0 heterocycles. The Morgan fingerprint density at radius 3 is 1.11 bits per heavy atom. The fraction of sp³-hybridized carbons (Fsp3) is 0.302. The van der Waals surface area contributed by atoms with E-state index in [2.05, 4.69) is 151 Å². The second-order valence-electron chi connectivity index (χ2n) is 20.0. The van der Waals surface area contributed by atoms with Crippen molar-refractivity contribution in [3.05, 3.63) is 153 Å². The van der Waals surface area contributed by atoms with Crippen LogP contribution in [0.5, 0.6) is 0 Å². The highest BCUT2D eigenvalue weighted by Gasteiger charge is 2.39. The first-order chi connectivity index (χ1) is 31.6. The van der Waals surface area contributed by atoms with Gasteiger partial charge in [-0.2, -0.15) is 0 Å². The Bertz CT molecular complexity index is 3210. The van der Waals surface area contributed by atoms with Gasteiger partial charge in [-0.1, -0.05) is 163 Å². The summed E-state index contributed by atoms with van der Waals surface area (Å²) in [6.07, 6.45) is 13.8. The molecule has 0 nitrogen and oxygen atoms in total. The minimum absolute atomic E-state index is 0.336. The smallest absolute Gasteiger partial charge is 0.0494 e. The Balaban J connectivity index is 1.08. The van der Waals surface area contributed by atoms with Crippen LogP contribution in [0.15, 0.2) is 109 Å². The van der Waals surface area contributed by atoms with Gasteiger partial charge in [0.05, 0.1) is 0 Å². The fourth-order valence-electron chi connectivity index (χ4n) is 11.9. The maximum absolute atomic E-state index is 7.61. The van der Waals surface area contributed by atoms with E-state index in [0.717, 1.165) is 72.5 Å².